The number of nitrogens with two attached hydrogens (primary N) is 1. The number of esters is 1. The van der Waals surface area contributed by atoms with Crippen LogP contribution in [0.2, 0.25) is 0 Å². The van der Waals surface area contributed by atoms with E-state index in [4.69, 9.17) is 24.0 Å². The van der Waals surface area contributed by atoms with E-state index in [1.54, 1.807) is 0 Å². The van der Waals surface area contributed by atoms with Gasteiger partial charge in [0.1, 0.15) is 6.10 Å². The van der Waals surface area contributed by atoms with Gasteiger partial charge in [-0.25, -0.2) is 4.57 Å². The van der Waals surface area contributed by atoms with Crippen molar-refractivity contribution in [3.63, 3.8) is 0 Å². The van der Waals surface area contributed by atoms with Crippen molar-refractivity contribution in [1.29, 1.82) is 0 Å². The fourth-order valence-electron chi connectivity index (χ4n) is 3.34. The number of carbonyl (C=O) groups excluding carboxylic acids is 2. The van der Waals surface area contributed by atoms with Crippen LogP contribution in [-0.2, 0) is 32.5 Å². The van der Waals surface area contributed by atoms with E-state index >= 15 is 0 Å². The number of hydrogen-bond donors (Lipinski definition) is 2. The quantitative estimate of drug-likeness (QED) is 0.0968. The van der Waals surface area contributed by atoms with E-state index in [-0.39, 0.29) is 44.3 Å². The molecule has 33 heavy (non-hydrogen) atoms. The van der Waals surface area contributed by atoms with Gasteiger partial charge in [0.25, 0.3) is 0 Å². The van der Waals surface area contributed by atoms with Crippen LogP contribution in [0.3, 0.4) is 0 Å². The molecule has 10 heteroatoms. The second-order valence-electron chi connectivity index (χ2n) is 8.08. The molecule has 0 aliphatic rings. The predicted molar refractivity (Wildman–Crippen MR) is 130 cm³/mol. The van der Waals surface area contributed by atoms with Crippen molar-refractivity contribution in [2.24, 2.45) is 5.73 Å². The molecule has 0 aromatic rings. The Morgan fingerprint density at radius 3 is 2.21 bits per heavy atom. The molecule has 9 nitrogen and oxygen atoms in total. The Bertz CT molecular complexity index is 589. The smallest absolute Gasteiger partial charge is 0.462 e. The number of phosphoric acid groups is 1. The Hall–Kier alpha value is -1.25. The second kappa shape index (κ2) is 20.2. The van der Waals surface area contributed by atoms with E-state index < -0.39 is 13.9 Å². The summed E-state index contributed by atoms with van der Waals surface area (Å²) in [5.74, 6) is -0.657. The van der Waals surface area contributed by atoms with Crippen LogP contribution in [0.25, 0.3) is 0 Å². The topological polar surface area (TPSA) is 126 Å². The first-order valence-electron chi connectivity index (χ1n) is 12.0. The van der Waals surface area contributed by atoms with Gasteiger partial charge in [-0.1, -0.05) is 57.9 Å². The number of ether oxygens (including phenoxy) is 1. The molecule has 0 saturated heterocycles. The highest BCUT2D eigenvalue weighted by Gasteiger charge is 2.29. The monoisotopic (exact) mass is 492 g/mol. The van der Waals surface area contributed by atoms with Crippen LogP contribution in [0, 0.1) is 0 Å². The number of hydrogen-bond acceptors (Lipinski definition) is 8. The Morgan fingerprint density at radius 1 is 1.03 bits per heavy atom. The molecule has 0 saturated carbocycles. The van der Waals surface area contributed by atoms with Crippen LogP contribution >= 0.6 is 7.82 Å². The molecule has 0 bridgehead atoms. The molecule has 0 spiro atoms. The highest BCUT2D eigenvalue weighted by molar-refractivity contribution is 7.48. The van der Waals surface area contributed by atoms with Gasteiger partial charge in [-0.15, -0.1) is 6.58 Å². The summed E-state index contributed by atoms with van der Waals surface area (Å²) in [6.45, 7) is 8.45. The van der Waals surface area contributed by atoms with Crippen molar-refractivity contribution in [2.45, 2.75) is 97.1 Å². The molecule has 0 heterocycles. The standard InChI is InChI=1S/C23H45N2O7P/c1-5-7-8-9-10-11-12-13-14-23(32-21(4)27)18-22(25-20(3)26)19-31-33(28,29-16-6-2)30-17-15-24/h6,22-23H,2,5,7-19,24H2,1,3-4H3,(H,25,26). The summed E-state index contributed by atoms with van der Waals surface area (Å²) in [4.78, 5) is 23.3. The molecule has 0 rings (SSSR count). The molecule has 3 unspecified atom stereocenters. The zero-order valence-corrected chi connectivity index (χ0v) is 21.6. The molecule has 0 aromatic heterocycles. The second-order valence-corrected chi connectivity index (χ2v) is 9.75. The number of amides is 1. The van der Waals surface area contributed by atoms with Gasteiger partial charge in [-0.05, 0) is 12.8 Å². The maximum atomic E-state index is 12.8. The van der Waals surface area contributed by atoms with E-state index in [0.29, 0.717) is 12.8 Å². The molecular formula is C23H45N2O7P. The highest BCUT2D eigenvalue weighted by Crippen LogP contribution is 2.49. The van der Waals surface area contributed by atoms with Crippen molar-refractivity contribution in [3.05, 3.63) is 12.7 Å². The fourth-order valence-corrected chi connectivity index (χ4v) is 4.54. The van der Waals surface area contributed by atoms with E-state index in [9.17, 15) is 14.2 Å². The third kappa shape index (κ3) is 18.8. The lowest BCUT2D eigenvalue weighted by atomic mass is 10.0. The number of nitrogens with one attached hydrogen (secondary N) is 1. The molecular weight excluding hydrogens is 447 g/mol. The summed E-state index contributed by atoms with van der Waals surface area (Å²) in [5, 5.41) is 2.77. The van der Waals surface area contributed by atoms with Crippen molar-refractivity contribution >= 4 is 19.7 Å². The summed E-state index contributed by atoms with van der Waals surface area (Å²) in [6, 6.07) is -0.539. The summed E-state index contributed by atoms with van der Waals surface area (Å²) in [7, 11) is -3.87. The van der Waals surface area contributed by atoms with Crippen LogP contribution in [0.15, 0.2) is 12.7 Å². The Morgan fingerprint density at radius 2 is 1.67 bits per heavy atom. The molecule has 0 aromatic carbocycles. The van der Waals surface area contributed by atoms with Crippen molar-refractivity contribution < 1.29 is 32.5 Å². The largest absolute Gasteiger partial charge is 0.475 e. The first-order chi connectivity index (χ1) is 15.8. The highest BCUT2D eigenvalue weighted by atomic mass is 31.2. The molecule has 3 atom stereocenters. The van der Waals surface area contributed by atoms with Crippen LogP contribution in [0.4, 0.5) is 0 Å². The maximum absolute atomic E-state index is 12.8. The summed E-state index contributed by atoms with van der Waals surface area (Å²) >= 11 is 0. The van der Waals surface area contributed by atoms with E-state index in [0.717, 1.165) is 19.3 Å². The first-order valence-corrected chi connectivity index (χ1v) is 13.5. The Kier molecular flexibility index (Phi) is 19.4. The van der Waals surface area contributed by atoms with Crippen LogP contribution in [0.5, 0.6) is 0 Å². The van der Waals surface area contributed by atoms with Crippen molar-refractivity contribution in [2.75, 3.05) is 26.4 Å². The number of unbranched alkanes of at least 4 members (excludes halogenated alkanes) is 7. The summed E-state index contributed by atoms with van der Waals surface area (Å²) in [5.41, 5.74) is 5.41. The van der Waals surface area contributed by atoms with Crippen LogP contribution in [-0.4, -0.2) is 50.4 Å². The lowest BCUT2D eigenvalue weighted by Crippen LogP contribution is -2.40. The summed E-state index contributed by atoms with van der Waals surface area (Å²) < 4.78 is 34.0. The van der Waals surface area contributed by atoms with E-state index in [2.05, 4.69) is 18.8 Å². The Labute approximate surface area is 199 Å². The third-order valence-electron chi connectivity index (χ3n) is 4.82. The van der Waals surface area contributed by atoms with Crippen LogP contribution < -0.4 is 11.1 Å². The average molecular weight is 493 g/mol. The number of rotatable bonds is 22. The lowest BCUT2D eigenvalue weighted by molar-refractivity contribution is -0.147. The number of phosphoric ester groups is 1. The SMILES string of the molecule is C=CCOP(=O)(OCCN)OCC(CC(CCCCCCCCCC)OC(C)=O)NC(C)=O. The molecule has 0 fully saturated rings. The average Bonchev–Trinajstić information content (AvgIpc) is 2.75. The van der Waals surface area contributed by atoms with Crippen molar-refractivity contribution in [1.82, 2.24) is 5.32 Å². The fraction of sp³-hybridized carbons (Fsp3) is 0.826. The minimum absolute atomic E-state index is 0.00621. The van der Waals surface area contributed by atoms with Gasteiger partial charge in [0.05, 0.1) is 25.9 Å². The molecule has 3 N–H and O–H groups in total. The Balaban J connectivity index is 4.84. The number of carbonyl (C=O) groups is 2. The van der Waals surface area contributed by atoms with Gasteiger partial charge >= 0.3 is 13.8 Å². The normalized spacial score (nSPS) is 14.8. The predicted octanol–water partition coefficient (Wildman–Crippen LogP) is 4.65. The van der Waals surface area contributed by atoms with Gasteiger partial charge in [-0.3, -0.25) is 23.2 Å². The lowest BCUT2D eigenvalue weighted by Gasteiger charge is -2.25. The van der Waals surface area contributed by atoms with Crippen molar-refractivity contribution in [3.8, 4) is 0 Å². The molecule has 0 aliphatic heterocycles. The van der Waals surface area contributed by atoms with Gasteiger partial charge in [-0.2, -0.15) is 0 Å². The van der Waals surface area contributed by atoms with Gasteiger partial charge in [0, 0.05) is 26.8 Å². The van der Waals surface area contributed by atoms with E-state index in [1.807, 2.05) is 0 Å². The van der Waals surface area contributed by atoms with Gasteiger partial charge in [0.2, 0.25) is 5.91 Å². The van der Waals surface area contributed by atoms with Crippen LogP contribution in [0.1, 0.15) is 85.0 Å². The first kappa shape index (κ1) is 31.8. The molecule has 0 aliphatic carbocycles. The summed E-state index contributed by atoms with van der Waals surface area (Å²) in [6.07, 6.45) is 11.4. The minimum atomic E-state index is -3.87. The zero-order chi connectivity index (χ0) is 25.0. The van der Waals surface area contributed by atoms with E-state index in [1.165, 1.54) is 52.0 Å². The minimum Gasteiger partial charge on any atom is -0.462 e. The third-order valence-corrected chi connectivity index (χ3v) is 6.25. The molecule has 1 amide bonds. The van der Waals surface area contributed by atoms with Gasteiger partial charge in [0.15, 0.2) is 0 Å². The molecule has 0 radical (unpaired) electrons. The maximum Gasteiger partial charge on any atom is 0.475 e. The molecule has 194 valence electrons. The van der Waals surface area contributed by atoms with Gasteiger partial charge < -0.3 is 15.8 Å². The zero-order valence-electron chi connectivity index (χ0n) is 20.7.